The molecule has 0 spiro atoms. The molecule has 1 aromatic carbocycles. The Morgan fingerprint density at radius 3 is 1.82 bits per heavy atom. The highest BCUT2D eigenvalue weighted by Gasteiger charge is 2.32. The van der Waals surface area contributed by atoms with Gasteiger partial charge in [-0.2, -0.15) is 11.8 Å². The lowest BCUT2D eigenvalue weighted by atomic mass is 9.92. The van der Waals surface area contributed by atoms with Crippen molar-refractivity contribution >= 4 is 77.5 Å². The summed E-state index contributed by atoms with van der Waals surface area (Å²) in [5, 5.41) is 55.6. The van der Waals surface area contributed by atoms with Gasteiger partial charge in [0.15, 0.2) is 12.0 Å². The van der Waals surface area contributed by atoms with Crippen LogP contribution >= 0.6 is 11.8 Å². The molecule has 314 valence electrons. The third-order valence-corrected chi connectivity index (χ3v) is 8.90. The maximum atomic E-state index is 13.4. The second-order valence-electron chi connectivity index (χ2n) is 12.6. The second kappa shape index (κ2) is 25.9. The minimum Gasteiger partial charge on any atom is -0.481 e. The van der Waals surface area contributed by atoms with Crippen molar-refractivity contribution in [3.8, 4) is 0 Å². The van der Waals surface area contributed by atoms with E-state index in [0.29, 0.717) is 5.56 Å². The molecule has 4 amide bonds. The molecule has 0 aromatic heterocycles. The smallest absolute Gasteiger partial charge is 0.326 e. The Morgan fingerprint density at radius 1 is 0.667 bits per heavy atom. The van der Waals surface area contributed by atoms with Crippen LogP contribution in [0.25, 0.3) is 0 Å². The largest absolute Gasteiger partial charge is 0.481 e. The van der Waals surface area contributed by atoms with Crippen LogP contribution in [0.4, 0.5) is 4.79 Å². The predicted octanol–water partition coefficient (Wildman–Crippen LogP) is 0.0331. The van der Waals surface area contributed by atoms with E-state index in [9.17, 15) is 73.2 Å². The first-order valence-corrected chi connectivity index (χ1v) is 18.7. The van der Waals surface area contributed by atoms with Crippen LogP contribution in [-0.2, 0) is 59.1 Å². The molecule has 22 heteroatoms. The van der Waals surface area contributed by atoms with Crippen LogP contribution in [0.1, 0.15) is 63.4 Å². The summed E-state index contributed by atoms with van der Waals surface area (Å²) in [4.78, 5) is 133. The number of carboxylic acid groups (broad SMARTS) is 5. The zero-order chi connectivity index (χ0) is 43.1. The molecule has 0 unspecified atom stereocenters. The number of hydrogen-bond acceptors (Lipinski definition) is 13. The predicted molar refractivity (Wildman–Crippen MR) is 196 cm³/mol. The standard InChI is InChI=1S/C35H46N4O17S/c1-57-17-21(32(49)50)15-26(42)25(13-19-5-3-2-4-6-19)37-31(48)20(16-30(46)47)14-22(41)7-8-23(33(51)52)36-27(43)10-9-24(34(53)54)38-35(55)39-28(56-18-40)11-12-29(44)45/h2-6,18,20-21,23-25,28H,7-17H2,1H3,(H,36,43)(H,37,48)(H,44,45)(H,46,47)(H,49,50)(H,51,52)(H,53,54)(H2,38,39,55)/t20-,21+,23-,24-,25+,28+/m0/s1. The molecule has 0 fully saturated rings. The van der Waals surface area contributed by atoms with Crippen molar-refractivity contribution in [2.45, 2.75) is 88.6 Å². The lowest BCUT2D eigenvalue weighted by Gasteiger charge is -2.23. The van der Waals surface area contributed by atoms with E-state index in [1.807, 2.05) is 5.32 Å². The first-order chi connectivity index (χ1) is 26.9. The van der Waals surface area contributed by atoms with Crippen LogP contribution in [0, 0.1) is 11.8 Å². The van der Waals surface area contributed by atoms with Gasteiger partial charge in [0.05, 0.1) is 30.7 Å². The number of aliphatic carboxylic acids is 5. The Balaban J connectivity index is 2.93. The van der Waals surface area contributed by atoms with Crippen LogP contribution in [0.2, 0.25) is 0 Å². The molecule has 0 heterocycles. The normalized spacial score (nSPS) is 13.8. The lowest BCUT2D eigenvalue weighted by molar-refractivity contribution is -0.144. The van der Waals surface area contributed by atoms with Gasteiger partial charge in [-0.1, -0.05) is 30.3 Å². The van der Waals surface area contributed by atoms with Crippen molar-refractivity contribution in [1.29, 1.82) is 0 Å². The number of carbonyl (C=O) groups is 11. The average molecular weight is 827 g/mol. The van der Waals surface area contributed by atoms with Crippen LogP contribution in [0.5, 0.6) is 0 Å². The molecule has 0 saturated carbocycles. The summed E-state index contributed by atoms with van der Waals surface area (Å²) >= 11 is 1.21. The van der Waals surface area contributed by atoms with Gasteiger partial charge in [0.2, 0.25) is 11.8 Å². The Kier molecular flexibility index (Phi) is 22.3. The molecule has 1 aromatic rings. The Labute approximate surface area is 329 Å². The number of thioether (sulfide) groups is 1. The van der Waals surface area contributed by atoms with Gasteiger partial charge in [-0.15, -0.1) is 0 Å². The van der Waals surface area contributed by atoms with E-state index < -0.39 is 147 Å². The van der Waals surface area contributed by atoms with Crippen LogP contribution in [0.15, 0.2) is 30.3 Å². The highest BCUT2D eigenvalue weighted by atomic mass is 32.2. The van der Waals surface area contributed by atoms with Crippen molar-refractivity contribution in [2.24, 2.45) is 11.8 Å². The molecule has 0 radical (unpaired) electrons. The van der Waals surface area contributed by atoms with Crippen molar-refractivity contribution in [3.63, 3.8) is 0 Å². The minimum absolute atomic E-state index is 0.0629. The lowest BCUT2D eigenvalue weighted by Crippen LogP contribution is -2.50. The monoisotopic (exact) mass is 826 g/mol. The van der Waals surface area contributed by atoms with Crippen molar-refractivity contribution in [1.82, 2.24) is 21.3 Å². The number of ether oxygens (including phenoxy) is 1. The highest BCUT2D eigenvalue weighted by Crippen LogP contribution is 2.18. The van der Waals surface area contributed by atoms with E-state index in [4.69, 9.17) is 5.11 Å². The van der Waals surface area contributed by atoms with E-state index >= 15 is 0 Å². The summed E-state index contributed by atoms with van der Waals surface area (Å²) in [7, 11) is 0. The fourth-order valence-corrected chi connectivity index (χ4v) is 5.90. The fraction of sp³-hybridized carbons (Fsp3) is 0.514. The molecule has 1 rings (SSSR count). The molecule has 0 bridgehead atoms. The number of ketones is 2. The quantitative estimate of drug-likeness (QED) is 0.0365. The van der Waals surface area contributed by atoms with Crippen LogP contribution in [-0.4, -0.2) is 128 Å². The first-order valence-electron chi connectivity index (χ1n) is 17.3. The zero-order valence-electron chi connectivity index (χ0n) is 30.7. The number of benzene rings is 1. The van der Waals surface area contributed by atoms with Crippen molar-refractivity contribution in [2.75, 3.05) is 12.0 Å². The number of rotatable bonds is 30. The average Bonchev–Trinajstić information content (AvgIpc) is 3.13. The minimum atomic E-state index is -1.72. The van der Waals surface area contributed by atoms with E-state index in [-0.39, 0.29) is 25.1 Å². The van der Waals surface area contributed by atoms with Gasteiger partial charge >= 0.3 is 35.9 Å². The number of amides is 4. The topological polar surface area (TPSA) is 346 Å². The summed E-state index contributed by atoms with van der Waals surface area (Å²) in [5.41, 5.74) is 0.602. The SMILES string of the molecule is CSC[C@@H](CC(=O)[C@@H](Cc1ccccc1)NC(=O)[C@H](CC(=O)O)CC(=O)CC[C@H](NC(=O)CC[C@H](NC(=O)N[C@@H](CCC(=O)O)OC=O)C(=O)O)C(=O)O)C(=O)O. The third-order valence-electron chi connectivity index (χ3n) is 8.16. The number of Topliss-reactive ketones (excluding diaryl/α,β-unsaturated/α-hetero) is 2. The third kappa shape index (κ3) is 20.4. The number of carboxylic acids is 5. The van der Waals surface area contributed by atoms with Crippen LogP contribution < -0.4 is 21.3 Å². The molecule has 6 atom stereocenters. The second-order valence-corrected chi connectivity index (χ2v) is 13.6. The van der Waals surface area contributed by atoms with Crippen molar-refractivity contribution in [3.05, 3.63) is 35.9 Å². The Hall–Kier alpha value is -6.06. The summed E-state index contributed by atoms with van der Waals surface area (Å²) < 4.78 is 4.54. The highest BCUT2D eigenvalue weighted by molar-refractivity contribution is 7.98. The number of carbonyl (C=O) groups excluding carboxylic acids is 6. The summed E-state index contributed by atoms with van der Waals surface area (Å²) in [6.45, 7) is -0.0635. The molecular weight excluding hydrogens is 780 g/mol. The fourth-order valence-electron chi connectivity index (χ4n) is 5.24. The first kappa shape index (κ1) is 49.0. The van der Waals surface area contributed by atoms with Gasteiger partial charge in [0.1, 0.15) is 17.9 Å². The van der Waals surface area contributed by atoms with E-state index in [0.717, 1.165) is 0 Å². The van der Waals surface area contributed by atoms with E-state index in [2.05, 4.69) is 20.7 Å². The van der Waals surface area contributed by atoms with Crippen LogP contribution in [0.3, 0.4) is 0 Å². The number of urea groups is 1. The molecule has 0 saturated heterocycles. The maximum Gasteiger partial charge on any atom is 0.326 e. The van der Waals surface area contributed by atoms with Crippen molar-refractivity contribution < 1.29 is 83.0 Å². The van der Waals surface area contributed by atoms with Gasteiger partial charge < -0.3 is 51.5 Å². The zero-order valence-corrected chi connectivity index (χ0v) is 31.6. The number of nitrogens with one attached hydrogen (secondary N) is 4. The molecule has 57 heavy (non-hydrogen) atoms. The summed E-state index contributed by atoms with van der Waals surface area (Å²) in [5.74, 6) is -13.0. The van der Waals surface area contributed by atoms with E-state index in [1.165, 1.54) is 11.8 Å². The molecular formula is C35H46N4O17S. The molecule has 21 nitrogen and oxygen atoms in total. The molecule has 0 aliphatic rings. The number of hydrogen-bond donors (Lipinski definition) is 9. The molecule has 0 aliphatic heterocycles. The molecule has 9 N–H and O–H groups in total. The van der Waals surface area contributed by atoms with E-state index in [1.54, 1.807) is 36.6 Å². The Morgan fingerprint density at radius 2 is 1.28 bits per heavy atom. The van der Waals surface area contributed by atoms with Gasteiger partial charge in [-0.25, -0.2) is 14.4 Å². The van der Waals surface area contributed by atoms with Gasteiger partial charge in [-0.05, 0) is 31.1 Å². The Bertz CT molecular complexity index is 1610. The summed E-state index contributed by atoms with van der Waals surface area (Å²) in [6, 6.07) is 2.52. The van der Waals surface area contributed by atoms with Gasteiger partial charge in [0.25, 0.3) is 6.47 Å². The van der Waals surface area contributed by atoms with Gasteiger partial charge in [0, 0.05) is 37.9 Å². The van der Waals surface area contributed by atoms with Gasteiger partial charge in [-0.3, -0.25) is 38.4 Å². The molecule has 0 aliphatic carbocycles. The maximum absolute atomic E-state index is 13.4. The summed E-state index contributed by atoms with van der Waals surface area (Å²) in [6.07, 6.45) is -4.96.